The van der Waals surface area contributed by atoms with Gasteiger partial charge in [-0.2, -0.15) is 5.10 Å². The Morgan fingerprint density at radius 2 is 1.91 bits per heavy atom. The SMILES string of the molecule is C=CC(=O)N1CC2CC1C(n1nc(-c3ccc(Oc4ccccc4)cc3F)c3c(N)ncnc31)C2. The van der Waals surface area contributed by atoms with Crippen LogP contribution in [0.2, 0.25) is 0 Å². The van der Waals surface area contributed by atoms with Gasteiger partial charge in [-0.25, -0.2) is 19.0 Å². The molecule has 2 aromatic heterocycles. The fourth-order valence-electron chi connectivity index (χ4n) is 5.42. The highest BCUT2D eigenvalue weighted by Crippen LogP contribution is 2.46. The van der Waals surface area contributed by atoms with E-state index in [0.29, 0.717) is 40.7 Å². The van der Waals surface area contributed by atoms with Gasteiger partial charge in [0, 0.05) is 18.2 Å². The number of amides is 1. The summed E-state index contributed by atoms with van der Waals surface area (Å²) in [5.41, 5.74) is 7.40. The molecule has 9 heteroatoms. The Bertz CT molecular complexity index is 1450. The van der Waals surface area contributed by atoms with Crippen molar-refractivity contribution in [2.45, 2.75) is 24.9 Å². The molecule has 2 aromatic carbocycles. The molecule has 1 saturated carbocycles. The van der Waals surface area contributed by atoms with Crippen molar-refractivity contribution in [1.82, 2.24) is 24.6 Å². The number of piperidine rings is 1. The zero-order valence-electron chi connectivity index (χ0n) is 18.8. The van der Waals surface area contributed by atoms with Crippen LogP contribution >= 0.6 is 0 Å². The monoisotopic (exact) mass is 470 g/mol. The molecule has 3 heterocycles. The first kappa shape index (κ1) is 21.3. The second-order valence-electron chi connectivity index (χ2n) is 8.97. The van der Waals surface area contributed by atoms with Crippen molar-refractivity contribution < 1.29 is 13.9 Å². The number of fused-ring (bicyclic) bond motifs is 3. The molecule has 1 saturated heterocycles. The van der Waals surface area contributed by atoms with E-state index in [-0.39, 0.29) is 29.4 Å². The molecule has 6 rings (SSSR count). The van der Waals surface area contributed by atoms with Crippen molar-refractivity contribution >= 4 is 22.8 Å². The molecule has 2 N–H and O–H groups in total. The topological polar surface area (TPSA) is 99.2 Å². The lowest BCUT2D eigenvalue weighted by molar-refractivity contribution is -0.128. The molecule has 176 valence electrons. The highest BCUT2D eigenvalue weighted by molar-refractivity contribution is 5.98. The predicted molar refractivity (Wildman–Crippen MR) is 129 cm³/mol. The highest BCUT2D eigenvalue weighted by Gasteiger charge is 2.48. The van der Waals surface area contributed by atoms with Gasteiger partial charge in [0.2, 0.25) is 5.91 Å². The van der Waals surface area contributed by atoms with Crippen LogP contribution < -0.4 is 10.5 Å². The Balaban J connectivity index is 1.41. The number of ether oxygens (including phenoxy) is 1. The molecule has 1 aliphatic carbocycles. The van der Waals surface area contributed by atoms with Gasteiger partial charge >= 0.3 is 0 Å². The zero-order valence-corrected chi connectivity index (χ0v) is 18.8. The number of nitrogens with two attached hydrogens (primary N) is 1. The van der Waals surface area contributed by atoms with Gasteiger partial charge in [0.15, 0.2) is 5.65 Å². The van der Waals surface area contributed by atoms with E-state index < -0.39 is 5.82 Å². The van der Waals surface area contributed by atoms with Gasteiger partial charge < -0.3 is 15.4 Å². The number of carbonyl (C=O) groups is 1. The Morgan fingerprint density at radius 3 is 2.66 bits per heavy atom. The quantitative estimate of drug-likeness (QED) is 0.435. The van der Waals surface area contributed by atoms with E-state index in [1.54, 1.807) is 28.9 Å². The van der Waals surface area contributed by atoms with E-state index in [9.17, 15) is 4.79 Å². The summed E-state index contributed by atoms with van der Waals surface area (Å²) < 4.78 is 22.9. The van der Waals surface area contributed by atoms with Crippen LogP contribution in [-0.4, -0.2) is 43.1 Å². The molecular formula is C26H23FN6O2. The van der Waals surface area contributed by atoms with Crippen LogP contribution in [0.5, 0.6) is 11.5 Å². The van der Waals surface area contributed by atoms with Crippen LogP contribution in [0.4, 0.5) is 10.2 Å². The van der Waals surface area contributed by atoms with E-state index in [1.807, 2.05) is 23.1 Å². The minimum Gasteiger partial charge on any atom is -0.457 e. The third-order valence-electron chi connectivity index (χ3n) is 6.91. The van der Waals surface area contributed by atoms with Crippen LogP contribution in [-0.2, 0) is 4.79 Å². The third kappa shape index (κ3) is 3.51. The number of halogens is 1. The van der Waals surface area contributed by atoms with Crippen molar-refractivity contribution in [2.24, 2.45) is 5.92 Å². The molecule has 8 nitrogen and oxygen atoms in total. The van der Waals surface area contributed by atoms with E-state index in [1.165, 1.54) is 18.5 Å². The number of para-hydroxylation sites is 1. The number of hydrogen-bond donors (Lipinski definition) is 1. The van der Waals surface area contributed by atoms with Gasteiger partial charge in [-0.1, -0.05) is 24.8 Å². The maximum atomic E-state index is 15.4. The van der Waals surface area contributed by atoms with Crippen molar-refractivity contribution in [3.05, 3.63) is 73.3 Å². The summed E-state index contributed by atoms with van der Waals surface area (Å²) in [7, 11) is 0. The third-order valence-corrected chi connectivity index (χ3v) is 6.91. The normalized spacial score (nSPS) is 20.9. The van der Waals surface area contributed by atoms with Gasteiger partial charge in [-0.05, 0) is 49.1 Å². The maximum absolute atomic E-state index is 15.4. The predicted octanol–water partition coefficient (Wildman–Crippen LogP) is 4.35. The van der Waals surface area contributed by atoms with Crippen LogP contribution in [0, 0.1) is 11.7 Å². The maximum Gasteiger partial charge on any atom is 0.246 e. The van der Waals surface area contributed by atoms with Gasteiger partial charge in [-0.3, -0.25) is 4.79 Å². The largest absolute Gasteiger partial charge is 0.457 e. The molecule has 1 amide bonds. The first-order valence-electron chi connectivity index (χ1n) is 11.5. The van der Waals surface area contributed by atoms with Crippen molar-refractivity contribution in [3.8, 4) is 22.8 Å². The summed E-state index contributed by atoms with van der Waals surface area (Å²) in [5.74, 6) is 1.00. The lowest BCUT2D eigenvalue weighted by atomic mass is 10.1. The van der Waals surface area contributed by atoms with Gasteiger partial charge in [0.1, 0.15) is 35.2 Å². The van der Waals surface area contributed by atoms with Crippen LogP contribution in [0.25, 0.3) is 22.3 Å². The molecule has 35 heavy (non-hydrogen) atoms. The Morgan fingerprint density at radius 1 is 1.11 bits per heavy atom. The number of rotatable bonds is 5. The first-order chi connectivity index (χ1) is 17.0. The Kier molecular flexibility index (Phi) is 4.98. The molecule has 0 radical (unpaired) electrons. The number of nitrogens with zero attached hydrogens (tertiary/aromatic N) is 5. The van der Waals surface area contributed by atoms with E-state index in [4.69, 9.17) is 15.6 Å². The van der Waals surface area contributed by atoms with Crippen LogP contribution in [0.3, 0.4) is 0 Å². The second-order valence-corrected chi connectivity index (χ2v) is 8.97. The van der Waals surface area contributed by atoms with Crippen molar-refractivity contribution in [1.29, 1.82) is 0 Å². The summed E-state index contributed by atoms with van der Waals surface area (Å²) >= 11 is 0. The number of nitrogen functional groups attached to an aromatic ring is 1. The van der Waals surface area contributed by atoms with Gasteiger partial charge in [0.25, 0.3) is 0 Å². The average Bonchev–Trinajstić information content (AvgIpc) is 3.58. The molecular weight excluding hydrogens is 447 g/mol. The minimum absolute atomic E-state index is 0.0239. The second kappa shape index (κ2) is 8.19. The lowest BCUT2D eigenvalue weighted by Gasteiger charge is -2.32. The molecule has 2 aliphatic rings. The number of benzene rings is 2. The smallest absolute Gasteiger partial charge is 0.246 e. The summed E-state index contributed by atoms with van der Waals surface area (Å²) in [4.78, 5) is 22.8. The summed E-state index contributed by atoms with van der Waals surface area (Å²) in [6.07, 6.45) is 4.48. The number of carbonyl (C=O) groups excluding carboxylic acids is 1. The summed E-state index contributed by atoms with van der Waals surface area (Å²) in [5, 5.41) is 5.30. The number of hydrogen-bond acceptors (Lipinski definition) is 6. The molecule has 3 unspecified atom stereocenters. The highest BCUT2D eigenvalue weighted by atomic mass is 19.1. The van der Waals surface area contributed by atoms with Crippen molar-refractivity contribution in [3.63, 3.8) is 0 Å². The van der Waals surface area contributed by atoms with E-state index in [2.05, 4.69) is 16.5 Å². The molecule has 1 aliphatic heterocycles. The first-order valence-corrected chi connectivity index (χ1v) is 11.5. The van der Waals surface area contributed by atoms with Crippen molar-refractivity contribution in [2.75, 3.05) is 12.3 Å². The zero-order chi connectivity index (χ0) is 24.1. The fourth-order valence-corrected chi connectivity index (χ4v) is 5.42. The summed E-state index contributed by atoms with van der Waals surface area (Å²) in [6.45, 7) is 4.35. The standard InChI is InChI=1S/C26H23FN6O2/c1-2-22(34)32-13-15-10-20(32)21(11-15)33-26-23(25(28)29-14-30-26)24(31-33)18-9-8-17(12-19(18)27)35-16-6-4-3-5-7-16/h2-9,12,14-15,20-21H,1,10-11,13H2,(H2,28,29,30). The van der Waals surface area contributed by atoms with Crippen LogP contribution in [0.1, 0.15) is 18.9 Å². The van der Waals surface area contributed by atoms with Crippen LogP contribution in [0.15, 0.2) is 67.5 Å². The Labute approximate surface area is 200 Å². The fraction of sp³-hybridized carbons (Fsp3) is 0.231. The lowest BCUT2D eigenvalue weighted by Crippen LogP contribution is -2.42. The Hall–Kier alpha value is -4.27. The molecule has 2 bridgehead atoms. The van der Waals surface area contributed by atoms with E-state index in [0.717, 1.165) is 12.8 Å². The molecule has 2 fully saturated rings. The number of anilines is 1. The van der Waals surface area contributed by atoms with Gasteiger partial charge in [0.05, 0.1) is 17.5 Å². The molecule has 3 atom stereocenters. The summed E-state index contributed by atoms with van der Waals surface area (Å²) in [6, 6.07) is 13.7. The average molecular weight is 471 g/mol. The van der Waals surface area contributed by atoms with E-state index >= 15 is 4.39 Å². The minimum atomic E-state index is -0.496. The van der Waals surface area contributed by atoms with Gasteiger partial charge in [-0.15, -0.1) is 0 Å². The molecule has 0 spiro atoms. The molecule has 4 aromatic rings. The number of aromatic nitrogens is 4. The number of likely N-dealkylation sites (tertiary alicyclic amines) is 1.